The Labute approximate surface area is 450 Å². The Hall–Kier alpha value is -7.44. The minimum Gasteiger partial charge on any atom is -0.507 e. The van der Waals surface area contributed by atoms with E-state index < -0.39 is 0 Å². The lowest BCUT2D eigenvalue weighted by atomic mass is 9.78. The monoisotopic (exact) mass is 1000 g/mol. The molecule has 0 fully saturated rings. The quantitative estimate of drug-likeness (QED) is 0.172. The second kappa shape index (κ2) is 22.8. The molecule has 0 radical (unpaired) electrons. The molecule has 9 aromatic rings. The summed E-state index contributed by atoms with van der Waals surface area (Å²) in [7, 11) is 0. The molecule has 10 heterocycles. The summed E-state index contributed by atoms with van der Waals surface area (Å²) < 4.78 is 0. The van der Waals surface area contributed by atoms with Crippen LogP contribution in [-0.4, -0.2) is 30.1 Å². The fourth-order valence-corrected chi connectivity index (χ4v) is 11.2. The molecule has 2 unspecified atom stereocenters. The van der Waals surface area contributed by atoms with E-state index in [-0.39, 0.29) is 47.0 Å². The van der Waals surface area contributed by atoms with Crippen molar-refractivity contribution in [2.24, 2.45) is 11.8 Å². The van der Waals surface area contributed by atoms with Gasteiger partial charge in [0, 0.05) is 69.6 Å². The van der Waals surface area contributed by atoms with E-state index >= 15 is 0 Å². The van der Waals surface area contributed by atoms with Crippen molar-refractivity contribution in [1.29, 1.82) is 0 Å². The number of aromatic nitrogens is 4. The zero-order valence-corrected chi connectivity index (χ0v) is 46.7. The molecule has 76 heavy (non-hydrogen) atoms. The predicted octanol–water partition coefficient (Wildman–Crippen LogP) is 18.9. The van der Waals surface area contributed by atoms with E-state index in [1.165, 1.54) is 43.8 Å². The molecule has 12 bridgehead atoms. The van der Waals surface area contributed by atoms with Crippen LogP contribution in [0.4, 0.5) is 0 Å². The first-order valence-corrected chi connectivity index (χ1v) is 27.7. The highest BCUT2D eigenvalue weighted by Gasteiger charge is 2.28. The molecule has 2 aliphatic carbocycles. The number of hydrogen-bond donors (Lipinski definition) is 2. The van der Waals surface area contributed by atoms with Gasteiger partial charge >= 0.3 is 0 Å². The van der Waals surface area contributed by atoms with E-state index in [0.717, 1.165) is 57.2 Å². The molecule has 6 nitrogen and oxygen atoms in total. The number of para-hydroxylation sites is 2. The largest absolute Gasteiger partial charge is 0.507 e. The van der Waals surface area contributed by atoms with Crippen molar-refractivity contribution >= 4 is 64.9 Å². The summed E-state index contributed by atoms with van der Waals surface area (Å²) >= 11 is 0. The Morgan fingerprint density at radius 1 is 0.355 bits per heavy atom. The maximum atomic E-state index is 12.0. The molecule has 388 valence electrons. The van der Waals surface area contributed by atoms with E-state index in [1.54, 1.807) is 6.20 Å². The van der Waals surface area contributed by atoms with Gasteiger partial charge in [-0.1, -0.05) is 168 Å². The van der Waals surface area contributed by atoms with Crippen LogP contribution >= 0.6 is 0 Å². The molecule has 0 amide bonds. The van der Waals surface area contributed by atoms with E-state index in [1.807, 2.05) is 67.1 Å². The van der Waals surface area contributed by atoms with Crippen molar-refractivity contribution in [2.45, 2.75) is 131 Å². The van der Waals surface area contributed by atoms with E-state index in [0.29, 0.717) is 33.4 Å². The van der Waals surface area contributed by atoms with Crippen LogP contribution in [-0.2, 0) is 12.8 Å². The van der Waals surface area contributed by atoms with E-state index in [4.69, 9.17) is 19.9 Å². The van der Waals surface area contributed by atoms with E-state index in [9.17, 15) is 10.2 Å². The third-order valence-corrected chi connectivity index (χ3v) is 15.7. The lowest BCUT2D eigenvalue weighted by molar-refractivity contribution is 0.473. The highest BCUT2D eigenvalue weighted by molar-refractivity contribution is 6.00. The Morgan fingerprint density at radius 2 is 0.724 bits per heavy atom. The molecule has 2 atom stereocenters. The molecule has 9 aliphatic rings. The maximum Gasteiger partial charge on any atom is 0.133 e. The van der Waals surface area contributed by atoms with Crippen LogP contribution in [0.5, 0.6) is 11.5 Å². The van der Waals surface area contributed by atoms with Gasteiger partial charge in [0.2, 0.25) is 0 Å². The third kappa shape index (κ3) is 11.1. The van der Waals surface area contributed by atoms with Gasteiger partial charge in [-0.15, -0.1) is 0 Å². The predicted molar refractivity (Wildman–Crippen MR) is 322 cm³/mol. The minimum absolute atomic E-state index is 0.140. The van der Waals surface area contributed by atoms with Crippen molar-refractivity contribution < 1.29 is 10.2 Å². The zero-order valence-electron chi connectivity index (χ0n) is 46.7. The number of phenols is 2. The Morgan fingerprint density at radius 3 is 1.12 bits per heavy atom. The first kappa shape index (κ1) is 53.4. The molecule has 18 rings (SSSR count). The molecule has 6 heteroatoms. The number of nitrogens with zero attached hydrogens (tertiary/aromatic N) is 4. The van der Waals surface area contributed by atoms with Crippen LogP contribution in [0.1, 0.15) is 163 Å². The summed E-state index contributed by atoms with van der Waals surface area (Å²) in [6.45, 7) is 27.1. The van der Waals surface area contributed by atoms with Gasteiger partial charge in [0.25, 0.3) is 0 Å². The van der Waals surface area contributed by atoms with Gasteiger partial charge in [-0.05, 0) is 163 Å². The Kier molecular flexibility index (Phi) is 16.0. The van der Waals surface area contributed by atoms with Crippen LogP contribution in [0.25, 0.3) is 64.9 Å². The minimum atomic E-state index is 0.140. The molecule has 6 aromatic carbocycles. The van der Waals surface area contributed by atoms with Crippen molar-refractivity contribution in [1.82, 2.24) is 19.9 Å². The average Bonchev–Trinajstić information content (AvgIpc) is 3.41. The van der Waals surface area contributed by atoms with Gasteiger partial charge in [0.15, 0.2) is 0 Å². The van der Waals surface area contributed by atoms with Crippen LogP contribution in [0.2, 0.25) is 0 Å². The standard InChI is InChI=1S/C70H76N4O2/c1-41(2)60-31-52-32-61(42(3)4)66(60)73-39-50-21-18-22-51(70(50)76)40-74-68-64(45(9)10)35-54(36-65(68)46(11)12)59-26-16-15-25-58(59)53-33-62(43(5)6)67(63(34-53)44(7)8)72-38-49-20-17-19-48(69(49)75)37-71-55-29-27-47(28-30-55)56-23-13-14-24-57(52)56/h13-31,33-35,37-46,61,65,75-76H,32,36H2,1-12H3. The van der Waals surface area contributed by atoms with Crippen LogP contribution < -0.4 is 0 Å². The third-order valence-electron chi connectivity index (χ3n) is 15.7. The molecule has 0 spiro atoms. The molecule has 0 saturated heterocycles. The van der Waals surface area contributed by atoms with Gasteiger partial charge in [-0.25, -0.2) is 0 Å². The molecule has 7 aliphatic heterocycles. The van der Waals surface area contributed by atoms with Crippen molar-refractivity contribution in [2.75, 3.05) is 0 Å². The fraction of sp³-hybridized carbons (Fsp3) is 0.314. The summed E-state index contributed by atoms with van der Waals surface area (Å²) in [6, 6.07) is 46.9. The highest BCUT2D eigenvalue weighted by Crippen LogP contribution is 2.41. The molecule has 0 saturated carbocycles. The fourth-order valence-electron chi connectivity index (χ4n) is 11.2. The molecular formula is C70H76N4O2. The zero-order chi connectivity index (χ0) is 53.9. The normalized spacial score (nSPS) is 14.5. The molecule has 2 N–H and O–H groups in total. The second-order valence-corrected chi connectivity index (χ2v) is 23.0. The van der Waals surface area contributed by atoms with Crippen molar-refractivity contribution in [3.63, 3.8) is 0 Å². The highest BCUT2D eigenvalue weighted by atomic mass is 16.3. The number of rotatable bonds is 6. The summed E-state index contributed by atoms with van der Waals surface area (Å²) in [5, 5.41) is 33.4. The van der Waals surface area contributed by atoms with Gasteiger partial charge in [0.05, 0.1) is 11.0 Å². The number of phenolic OH excluding ortho intramolecular Hbond substituents is 2. The summed E-state index contributed by atoms with van der Waals surface area (Å²) in [6.07, 6.45) is 8.94. The Bertz CT molecular complexity index is 3740. The van der Waals surface area contributed by atoms with Gasteiger partial charge in [-0.2, -0.15) is 0 Å². The topological polar surface area (TPSA) is 92.0 Å². The Balaban J connectivity index is 1.39. The summed E-state index contributed by atoms with van der Waals surface area (Å²) in [5.41, 5.74) is 11.2. The smallest absolute Gasteiger partial charge is 0.133 e. The number of aromatic hydroxyl groups is 2. The van der Waals surface area contributed by atoms with Crippen LogP contribution in [0, 0.1) is 11.8 Å². The van der Waals surface area contributed by atoms with Crippen LogP contribution in [0.3, 0.4) is 0 Å². The first-order valence-electron chi connectivity index (χ1n) is 27.7. The van der Waals surface area contributed by atoms with Gasteiger partial charge in [-0.3, -0.25) is 19.9 Å². The SMILES string of the molecule is CC(C)c1cc2c3ccccc3c3ccc(cc3)ncc3cccc(cnc4c(C(C)C)cc(cc4C(C)C)c4ccccc4c4cc(C(C)C)c(ncc5cccc(cnc1C(C(C)C)C2)c5O)C(C(C)C)C4)c3O. The lowest BCUT2D eigenvalue weighted by Gasteiger charge is -2.28. The number of hydrogen-bond acceptors (Lipinski definition) is 6. The van der Waals surface area contributed by atoms with Crippen LogP contribution in [0.15, 0.2) is 158 Å². The summed E-state index contributed by atoms with van der Waals surface area (Å²) in [5.74, 6) is 2.05. The first-order chi connectivity index (χ1) is 36.5. The molecular weight excluding hydrogens is 929 g/mol. The maximum absolute atomic E-state index is 12.0. The van der Waals surface area contributed by atoms with Gasteiger partial charge in [0.1, 0.15) is 11.5 Å². The summed E-state index contributed by atoms with van der Waals surface area (Å²) in [4.78, 5) is 20.7. The number of benzene rings is 6. The van der Waals surface area contributed by atoms with E-state index in [2.05, 4.69) is 168 Å². The van der Waals surface area contributed by atoms with Crippen molar-refractivity contribution in [3.8, 4) is 11.5 Å². The molecule has 3 aromatic heterocycles. The average molecular weight is 1010 g/mol. The van der Waals surface area contributed by atoms with Crippen molar-refractivity contribution in [3.05, 3.63) is 203 Å². The van der Waals surface area contributed by atoms with Gasteiger partial charge < -0.3 is 10.2 Å². The second-order valence-electron chi connectivity index (χ2n) is 23.0. The lowest BCUT2D eigenvalue weighted by Crippen LogP contribution is -2.17.